The third-order valence-corrected chi connectivity index (χ3v) is 7.11. The molecule has 1 aromatic carbocycles. The van der Waals surface area contributed by atoms with Gasteiger partial charge in [0.05, 0.1) is 18.4 Å². The molecule has 0 amide bonds. The van der Waals surface area contributed by atoms with Crippen molar-refractivity contribution in [3.63, 3.8) is 0 Å². The molecule has 5 rings (SSSR count). The molecule has 0 unspecified atom stereocenters. The van der Waals surface area contributed by atoms with Crippen LogP contribution in [0.25, 0.3) is 0 Å². The number of piperidine rings is 2. The van der Waals surface area contributed by atoms with E-state index in [2.05, 4.69) is 23.9 Å². The molecular formula is C22H28N2O4. The number of hydrogen-bond donors (Lipinski definition) is 0. The molecule has 4 aliphatic heterocycles. The molecule has 2 saturated heterocycles. The van der Waals surface area contributed by atoms with Gasteiger partial charge in [-0.1, -0.05) is 0 Å². The molecule has 1 aromatic rings. The lowest BCUT2D eigenvalue weighted by molar-refractivity contribution is -0.0128. The molecule has 2 fully saturated rings. The molecule has 4 aliphatic rings. The summed E-state index contributed by atoms with van der Waals surface area (Å²) in [5.41, 5.74) is 0.150. The average molecular weight is 384 g/mol. The monoisotopic (exact) mass is 384 g/mol. The molecule has 0 saturated carbocycles. The summed E-state index contributed by atoms with van der Waals surface area (Å²) in [6.07, 6.45) is 4.09. The molecular weight excluding hydrogens is 356 g/mol. The van der Waals surface area contributed by atoms with Gasteiger partial charge in [-0.15, -0.1) is 0 Å². The molecule has 0 bridgehead atoms. The summed E-state index contributed by atoms with van der Waals surface area (Å²) in [4.78, 5) is 30.7. The predicted octanol–water partition coefficient (Wildman–Crippen LogP) is 2.55. The fourth-order valence-corrected chi connectivity index (χ4v) is 5.14. The van der Waals surface area contributed by atoms with Crippen molar-refractivity contribution >= 4 is 11.6 Å². The van der Waals surface area contributed by atoms with Gasteiger partial charge in [0.2, 0.25) is 0 Å². The van der Waals surface area contributed by atoms with Crippen LogP contribution in [0.2, 0.25) is 0 Å². The number of rotatable bonds is 0. The first-order valence-electron chi connectivity index (χ1n) is 10.4. The first-order chi connectivity index (χ1) is 13.4. The molecule has 150 valence electrons. The maximum Gasteiger partial charge on any atom is 0.174 e. The Morgan fingerprint density at radius 3 is 1.93 bits per heavy atom. The topological polar surface area (TPSA) is 59.1 Å². The van der Waals surface area contributed by atoms with E-state index in [4.69, 9.17) is 9.47 Å². The Morgan fingerprint density at radius 1 is 0.786 bits per heavy atom. The van der Waals surface area contributed by atoms with Gasteiger partial charge in [-0.3, -0.25) is 9.59 Å². The number of Topliss-reactive ketones (excluding diaryl/α,β-unsaturated/α-hetero) is 2. The molecule has 6 heteroatoms. The minimum absolute atomic E-state index is 0.0560. The summed E-state index contributed by atoms with van der Waals surface area (Å²) in [6.45, 7) is 3.66. The molecule has 0 atom stereocenters. The molecule has 2 spiro atoms. The summed E-state index contributed by atoms with van der Waals surface area (Å²) in [5.74, 6) is 1.21. The van der Waals surface area contributed by atoms with E-state index >= 15 is 0 Å². The number of carbonyl (C=O) groups is 2. The fourth-order valence-electron chi connectivity index (χ4n) is 5.14. The summed E-state index contributed by atoms with van der Waals surface area (Å²) >= 11 is 0. The second-order valence-corrected chi connectivity index (χ2v) is 9.19. The van der Waals surface area contributed by atoms with Crippen molar-refractivity contribution < 1.29 is 19.1 Å². The van der Waals surface area contributed by atoms with Crippen LogP contribution < -0.4 is 9.47 Å². The van der Waals surface area contributed by atoms with Crippen molar-refractivity contribution in [2.45, 2.75) is 49.7 Å². The first-order valence-corrected chi connectivity index (χ1v) is 10.4. The lowest BCUT2D eigenvalue weighted by Gasteiger charge is -2.46. The zero-order valence-electron chi connectivity index (χ0n) is 16.8. The van der Waals surface area contributed by atoms with E-state index in [0.717, 1.165) is 51.9 Å². The van der Waals surface area contributed by atoms with Crippen LogP contribution in [0.4, 0.5) is 0 Å². The van der Waals surface area contributed by atoms with Gasteiger partial charge in [0.25, 0.3) is 0 Å². The van der Waals surface area contributed by atoms with Gasteiger partial charge in [-0.05, 0) is 26.2 Å². The summed E-state index contributed by atoms with van der Waals surface area (Å²) < 4.78 is 12.9. The van der Waals surface area contributed by atoms with Crippen molar-refractivity contribution in [3.8, 4) is 11.5 Å². The molecule has 0 aliphatic carbocycles. The van der Waals surface area contributed by atoms with Gasteiger partial charge >= 0.3 is 0 Å². The Kier molecular flexibility index (Phi) is 4.07. The third-order valence-electron chi connectivity index (χ3n) is 7.11. The van der Waals surface area contributed by atoms with Crippen LogP contribution in [-0.2, 0) is 0 Å². The van der Waals surface area contributed by atoms with Crippen molar-refractivity contribution in [3.05, 3.63) is 23.3 Å². The highest BCUT2D eigenvalue weighted by Gasteiger charge is 2.48. The summed E-state index contributed by atoms with van der Waals surface area (Å²) in [6, 6.07) is 3.60. The second-order valence-electron chi connectivity index (χ2n) is 9.19. The highest BCUT2D eigenvalue weighted by molar-refractivity contribution is 6.09. The largest absolute Gasteiger partial charge is 0.486 e. The number of ether oxygens (including phenoxy) is 2. The van der Waals surface area contributed by atoms with Gasteiger partial charge in [0.15, 0.2) is 11.6 Å². The van der Waals surface area contributed by atoms with E-state index < -0.39 is 11.2 Å². The smallest absolute Gasteiger partial charge is 0.174 e. The molecule has 0 aromatic heterocycles. The third kappa shape index (κ3) is 2.85. The maximum atomic E-state index is 13.2. The van der Waals surface area contributed by atoms with Gasteiger partial charge in [-0.25, -0.2) is 0 Å². The average Bonchev–Trinajstić information content (AvgIpc) is 2.66. The van der Waals surface area contributed by atoms with E-state index in [9.17, 15) is 9.59 Å². The SMILES string of the molecule is CN1CCC2(CC1)CC(=O)c1c(ccc3c1OC1(CCN(C)CC1)CC3=O)O2. The molecule has 0 N–H and O–H groups in total. The standard InChI is InChI=1S/C22H28N2O4/c1-23-9-5-21(6-10-23)14-17(26)19-18(27-21)4-3-15-16(25)13-22(28-20(15)19)7-11-24(2)12-8-22/h3-4H,5-14H2,1-2H3. The number of ketones is 2. The number of benzene rings is 1. The van der Waals surface area contributed by atoms with Crippen molar-refractivity contribution in [2.75, 3.05) is 40.3 Å². The zero-order chi connectivity index (χ0) is 19.5. The fraction of sp³-hybridized carbons (Fsp3) is 0.636. The van der Waals surface area contributed by atoms with Gasteiger partial charge in [-0.2, -0.15) is 0 Å². The number of likely N-dealkylation sites (tertiary alicyclic amines) is 2. The normalized spacial score (nSPS) is 26.5. The van der Waals surface area contributed by atoms with E-state index in [1.54, 1.807) is 12.1 Å². The predicted molar refractivity (Wildman–Crippen MR) is 105 cm³/mol. The molecule has 6 nitrogen and oxygen atoms in total. The van der Waals surface area contributed by atoms with Crippen LogP contribution in [0, 0.1) is 0 Å². The maximum absolute atomic E-state index is 13.2. The van der Waals surface area contributed by atoms with Crippen LogP contribution in [0.15, 0.2) is 12.1 Å². The van der Waals surface area contributed by atoms with Gasteiger partial charge < -0.3 is 19.3 Å². The van der Waals surface area contributed by atoms with Crippen LogP contribution >= 0.6 is 0 Å². The van der Waals surface area contributed by atoms with Gasteiger partial charge in [0.1, 0.15) is 28.3 Å². The first kappa shape index (κ1) is 18.1. The number of carbonyl (C=O) groups excluding carboxylic acids is 2. The lowest BCUT2D eigenvalue weighted by Crippen LogP contribution is -2.52. The minimum atomic E-state index is -0.477. The zero-order valence-corrected chi connectivity index (χ0v) is 16.8. The Labute approximate surface area is 165 Å². The Morgan fingerprint density at radius 2 is 1.32 bits per heavy atom. The van der Waals surface area contributed by atoms with Crippen LogP contribution in [-0.4, -0.2) is 72.8 Å². The quantitative estimate of drug-likeness (QED) is 0.685. The number of nitrogens with zero attached hydrogens (tertiary/aromatic N) is 2. The Hall–Kier alpha value is -1.92. The van der Waals surface area contributed by atoms with E-state index in [0.29, 0.717) is 35.5 Å². The Balaban J connectivity index is 1.51. The number of fused-ring (bicyclic) bond motifs is 3. The molecule has 28 heavy (non-hydrogen) atoms. The van der Waals surface area contributed by atoms with Gasteiger partial charge in [0, 0.05) is 51.9 Å². The van der Waals surface area contributed by atoms with Crippen molar-refractivity contribution in [1.82, 2.24) is 9.80 Å². The van der Waals surface area contributed by atoms with E-state index in [1.165, 1.54) is 0 Å². The summed E-state index contributed by atoms with van der Waals surface area (Å²) in [5, 5.41) is 0. The Bertz CT molecular complexity index is 833. The van der Waals surface area contributed by atoms with E-state index in [1.807, 2.05) is 0 Å². The number of hydrogen-bond acceptors (Lipinski definition) is 6. The van der Waals surface area contributed by atoms with Crippen LogP contribution in [0.3, 0.4) is 0 Å². The van der Waals surface area contributed by atoms with Crippen molar-refractivity contribution in [2.24, 2.45) is 0 Å². The lowest BCUT2D eigenvalue weighted by atomic mass is 9.79. The van der Waals surface area contributed by atoms with Crippen molar-refractivity contribution in [1.29, 1.82) is 0 Å². The van der Waals surface area contributed by atoms with E-state index in [-0.39, 0.29) is 11.6 Å². The minimum Gasteiger partial charge on any atom is -0.486 e. The summed E-state index contributed by atoms with van der Waals surface area (Å²) in [7, 11) is 4.19. The highest BCUT2D eigenvalue weighted by Crippen LogP contribution is 2.48. The highest BCUT2D eigenvalue weighted by atomic mass is 16.5. The second kappa shape index (κ2) is 6.29. The molecule has 0 radical (unpaired) electrons. The van der Waals surface area contributed by atoms with Crippen LogP contribution in [0.5, 0.6) is 11.5 Å². The molecule has 4 heterocycles. The van der Waals surface area contributed by atoms with Crippen LogP contribution in [0.1, 0.15) is 59.2 Å².